The van der Waals surface area contributed by atoms with Crippen molar-refractivity contribution in [2.45, 2.75) is 39.2 Å². The molecule has 1 atom stereocenters. The minimum atomic E-state index is -0.678. The van der Waals surface area contributed by atoms with E-state index >= 15 is 0 Å². The maximum absolute atomic E-state index is 13.0. The van der Waals surface area contributed by atoms with Crippen LogP contribution in [0.3, 0.4) is 0 Å². The molecule has 2 aromatic carbocycles. The molecule has 1 unspecified atom stereocenters. The molecule has 170 valence electrons. The molecule has 1 amide bonds. The molecule has 0 spiro atoms. The lowest BCUT2D eigenvalue weighted by atomic mass is 9.94. The van der Waals surface area contributed by atoms with E-state index in [1.165, 1.54) is 4.90 Å². The highest BCUT2D eigenvalue weighted by Gasteiger charge is 2.45. The van der Waals surface area contributed by atoms with Crippen molar-refractivity contribution >= 4 is 17.4 Å². The summed E-state index contributed by atoms with van der Waals surface area (Å²) in [5.41, 5.74) is 2.40. The number of nitrogens with zero attached hydrogens (tertiary/aromatic N) is 1. The largest absolute Gasteiger partial charge is 0.507 e. The number of carbonyl (C=O) groups excluding carboxylic acids is 2. The lowest BCUT2D eigenvalue weighted by Crippen LogP contribution is -2.31. The van der Waals surface area contributed by atoms with Crippen LogP contribution >= 0.6 is 0 Å². The topological polar surface area (TPSA) is 76.1 Å². The van der Waals surface area contributed by atoms with E-state index in [4.69, 9.17) is 9.47 Å². The third-order valence-electron chi connectivity index (χ3n) is 5.55. The normalized spacial score (nSPS) is 17.7. The maximum atomic E-state index is 13.0. The van der Waals surface area contributed by atoms with Crippen LogP contribution in [0.1, 0.15) is 48.9 Å². The number of benzene rings is 2. The zero-order valence-corrected chi connectivity index (χ0v) is 19.0. The predicted molar refractivity (Wildman–Crippen MR) is 124 cm³/mol. The molecule has 1 heterocycles. The van der Waals surface area contributed by atoms with E-state index in [1.807, 2.05) is 37.3 Å². The number of amides is 1. The summed E-state index contributed by atoms with van der Waals surface area (Å²) in [6.07, 6.45) is 2.53. The first-order valence-electron chi connectivity index (χ1n) is 11.0. The first-order valence-corrected chi connectivity index (χ1v) is 11.0. The predicted octanol–water partition coefficient (Wildman–Crippen LogP) is 4.63. The maximum Gasteiger partial charge on any atom is 0.295 e. The molecular weight excluding hydrogens is 406 g/mol. The lowest BCUT2D eigenvalue weighted by Gasteiger charge is -2.25. The van der Waals surface area contributed by atoms with Crippen molar-refractivity contribution in [1.29, 1.82) is 0 Å². The summed E-state index contributed by atoms with van der Waals surface area (Å²) in [5.74, 6) is -0.862. The van der Waals surface area contributed by atoms with Gasteiger partial charge in [-0.25, -0.2) is 0 Å². The molecule has 0 bridgehead atoms. The highest BCUT2D eigenvalue weighted by Crippen LogP contribution is 2.39. The van der Waals surface area contributed by atoms with Crippen LogP contribution in [0.2, 0.25) is 0 Å². The molecule has 0 saturated carbocycles. The Hall–Kier alpha value is -3.12. The Morgan fingerprint density at radius 1 is 1.06 bits per heavy atom. The average Bonchev–Trinajstić information content (AvgIpc) is 3.05. The number of ether oxygens (including phenoxy) is 2. The quantitative estimate of drug-likeness (QED) is 0.254. The van der Waals surface area contributed by atoms with E-state index in [0.717, 1.165) is 24.0 Å². The number of carbonyl (C=O) groups is 2. The van der Waals surface area contributed by atoms with Gasteiger partial charge in [0.2, 0.25) is 0 Å². The third-order valence-corrected chi connectivity index (χ3v) is 5.55. The number of aliphatic hydroxyl groups excluding tert-OH is 1. The molecule has 0 aromatic heterocycles. The smallest absolute Gasteiger partial charge is 0.295 e. The van der Waals surface area contributed by atoms with Crippen LogP contribution in [-0.2, 0) is 14.3 Å². The number of unbranched alkanes of at least 4 members (excludes halogenated alkanes) is 1. The number of hydrogen-bond acceptors (Lipinski definition) is 5. The van der Waals surface area contributed by atoms with Crippen molar-refractivity contribution in [3.8, 4) is 5.75 Å². The number of ketones is 1. The van der Waals surface area contributed by atoms with Gasteiger partial charge in [0.25, 0.3) is 11.7 Å². The van der Waals surface area contributed by atoms with E-state index < -0.39 is 17.7 Å². The first-order chi connectivity index (χ1) is 15.5. The Kier molecular flexibility index (Phi) is 8.06. The van der Waals surface area contributed by atoms with Gasteiger partial charge in [-0.15, -0.1) is 0 Å². The molecule has 1 N–H and O–H groups in total. The van der Waals surface area contributed by atoms with Gasteiger partial charge in [0, 0.05) is 25.8 Å². The summed E-state index contributed by atoms with van der Waals surface area (Å²) in [6, 6.07) is 14.0. The van der Waals surface area contributed by atoms with Crippen LogP contribution in [0.5, 0.6) is 5.75 Å². The standard InChI is InChI=1S/C26H31NO5/c1-4-5-16-32-21-9-6-8-20(17-21)24(28)22-23(19-12-10-18(2)11-13-19)27(14-7-15-31-3)26(30)25(22)29/h6,8-13,17,23,28H,4-5,7,14-16H2,1-3H3/b24-22+. The van der Waals surface area contributed by atoms with Crippen LogP contribution < -0.4 is 4.74 Å². The van der Waals surface area contributed by atoms with Gasteiger partial charge in [-0.05, 0) is 37.5 Å². The number of Topliss-reactive ketones (excluding diaryl/α,β-unsaturated/α-hetero) is 1. The fourth-order valence-corrected chi connectivity index (χ4v) is 3.81. The van der Waals surface area contributed by atoms with Crippen LogP contribution in [-0.4, -0.2) is 48.6 Å². The van der Waals surface area contributed by atoms with Crippen LogP contribution in [0.4, 0.5) is 0 Å². The number of aliphatic hydroxyl groups is 1. The Balaban J connectivity index is 2.03. The van der Waals surface area contributed by atoms with Crippen molar-refractivity contribution in [2.75, 3.05) is 26.9 Å². The summed E-state index contributed by atoms with van der Waals surface area (Å²) in [5, 5.41) is 11.2. The highest BCUT2D eigenvalue weighted by molar-refractivity contribution is 6.46. The molecular formula is C26H31NO5. The van der Waals surface area contributed by atoms with Gasteiger partial charge in [-0.2, -0.15) is 0 Å². The van der Waals surface area contributed by atoms with Crippen molar-refractivity contribution in [3.05, 3.63) is 70.8 Å². The Morgan fingerprint density at radius 2 is 1.81 bits per heavy atom. The zero-order valence-electron chi connectivity index (χ0n) is 19.0. The molecule has 1 fully saturated rings. The van der Waals surface area contributed by atoms with Gasteiger partial charge in [0.15, 0.2) is 0 Å². The number of rotatable bonds is 10. The van der Waals surface area contributed by atoms with Crippen molar-refractivity contribution in [1.82, 2.24) is 4.90 Å². The Bertz CT molecular complexity index is 980. The van der Waals surface area contributed by atoms with Gasteiger partial charge in [0.05, 0.1) is 18.2 Å². The fraction of sp³-hybridized carbons (Fsp3) is 0.385. The second kappa shape index (κ2) is 11.0. The Morgan fingerprint density at radius 3 is 2.50 bits per heavy atom. The van der Waals surface area contributed by atoms with Gasteiger partial charge in [-0.1, -0.05) is 55.3 Å². The molecule has 6 nitrogen and oxygen atoms in total. The number of methoxy groups -OCH3 is 1. The molecule has 1 saturated heterocycles. The van der Waals surface area contributed by atoms with Crippen molar-refractivity contribution in [2.24, 2.45) is 0 Å². The summed E-state index contributed by atoms with van der Waals surface area (Å²) >= 11 is 0. The minimum Gasteiger partial charge on any atom is -0.507 e. The van der Waals surface area contributed by atoms with Gasteiger partial charge < -0.3 is 19.5 Å². The summed E-state index contributed by atoms with van der Waals surface area (Å²) in [7, 11) is 1.60. The van der Waals surface area contributed by atoms with Crippen molar-refractivity contribution < 1.29 is 24.2 Å². The Labute approximate surface area is 189 Å². The molecule has 32 heavy (non-hydrogen) atoms. The molecule has 0 radical (unpaired) electrons. The van der Waals surface area contributed by atoms with E-state index in [9.17, 15) is 14.7 Å². The molecule has 3 rings (SSSR count). The molecule has 1 aliphatic rings. The van der Waals surface area contributed by atoms with Gasteiger partial charge in [-0.3, -0.25) is 9.59 Å². The van der Waals surface area contributed by atoms with Crippen LogP contribution in [0, 0.1) is 6.92 Å². The van der Waals surface area contributed by atoms with Gasteiger partial charge >= 0.3 is 0 Å². The van der Waals surface area contributed by atoms with Crippen molar-refractivity contribution in [3.63, 3.8) is 0 Å². The first kappa shape index (κ1) is 23.5. The highest BCUT2D eigenvalue weighted by atomic mass is 16.5. The average molecular weight is 438 g/mol. The van der Waals surface area contributed by atoms with E-state index in [2.05, 4.69) is 6.92 Å². The zero-order chi connectivity index (χ0) is 23.1. The lowest BCUT2D eigenvalue weighted by molar-refractivity contribution is -0.140. The van der Waals surface area contributed by atoms with E-state index in [1.54, 1.807) is 25.3 Å². The third kappa shape index (κ3) is 5.19. The second-order valence-corrected chi connectivity index (χ2v) is 7.98. The monoisotopic (exact) mass is 437 g/mol. The molecule has 0 aliphatic carbocycles. The molecule has 1 aliphatic heterocycles. The summed E-state index contributed by atoms with van der Waals surface area (Å²) in [6.45, 7) is 5.47. The fourth-order valence-electron chi connectivity index (χ4n) is 3.81. The number of hydrogen-bond donors (Lipinski definition) is 1. The second-order valence-electron chi connectivity index (χ2n) is 7.98. The summed E-state index contributed by atoms with van der Waals surface area (Å²) < 4.78 is 10.9. The van der Waals surface area contributed by atoms with Crippen LogP contribution in [0.25, 0.3) is 5.76 Å². The minimum absolute atomic E-state index is 0.0991. The SMILES string of the molecule is CCCCOc1cccc(/C(O)=C2\C(=O)C(=O)N(CCCOC)C2c2ccc(C)cc2)c1. The van der Waals surface area contributed by atoms with Crippen LogP contribution in [0.15, 0.2) is 54.1 Å². The van der Waals surface area contributed by atoms with E-state index in [-0.39, 0.29) is 11.3 Å². The summed E-state index contributed by atoms with van der Waals surface area (Å²) in [4.78, 5) is 27.5. The van der Waals surface area contributed by atoms with Gasteiger partial charge in [0.1, 0.15) is 11.5 Å². The van der Waals surface area contributed by atoms with E-state index in [0.29, 0.717) is 37.5 Å². The number of aryl methyl sites for hydroxylation is 1. The molecule has 6 heteroatoms. The number of likely N-dealkylation sites (tertiary alicyclic amines) is 1. The molecule has 2 aromatic rings.